The van der Waals surface area contributed by atoms with Crippen molar-refractivity contribution in [2.45, 2.75) is 57.4 Å². The van der Waals surface area contributed by atoms with E-state index in [1.807, 2.05) is 12.1 Å². The average Bonchev–Trinajstić information content (AvgIpc) is 2.98. The predicted octanol–water partition coefficient (Wildman–Crippen LogP) is 4.88. The monoisotopic (exact) mass is 321 g/mol. The van der Waals surface area contributed by atoms with Gasteiger partial charge in [-0.25, -0.2) is 0 Å². The minimum atomic E-state index is 0.0713. The summed E-state index contributed by atoms with van der Waals surface area (Å²) < 4.78 is 0. The Balaban J connectivity index is 1.47. The molecule has 1 atom stereocenters. The summed E-state index contributed by atoms with van der Waals surface area (Å²) in [4.78, 5) is 11.7. The van der Waals surface area contributed by atoms with Crippen LogP contribution in [-0.2, 0) is 11.2 Å². The van der Waals surface area contributed by atoms with Crippen molar-refractivity contribution in [2.75, 3.05) is 0 Å². The Kier molecular flexibility index (Phi) is 6.06. The number of allylic oxidation sites excluding steroid dienone is 4. The smallest absolute Gasteiger partial charge is 0.244 e. The third-order valence-electron chi connectivity index (χ3n) is 4.90. The maximum absolute atomic E-state index is 11.7. The third-order valence-corrected chi connectivity index (χ3v) is 4.90. The van der Waals surface area contributed by atoms with Crippen LogP contribution in [0, 0.1) is 0 Å². The first-order valence-electron chi connectivity index (χ1n) is 9.22. The molecule has 1 amide bonds. The molecule has 24 heavy (non-hydrogen) atoms. The van der Waals surface area contributed by atoms with Crippen LogP contribution in [0.1, 0.15) is 50.5 Å². The van der Waals surface area contributed by atoms with Gasteiger partial charge in [0.15, 0.2) is 0 Å². The highest BCUT2D eigenvalue weighted by Gasteiger charge is 2.22. The van der Waals surface area contributed by atoms with Crippen molar-refractivity contribution in [1.29, 1.82) is 0 Å². The molecule has 0 unspecified atom stereocenters. The first kappa shape index (κ1) is 16.8. The molecule has 1 aromatic rings. The molecular weight excluding hydrogens is 294 g/mol. The molecule has 1 aromatic carbocycles. The second-order valence-corrected chi connectivity index (χ2v) is 6.77. The Labute approximate surface area is 145 Å². The van der Waals surface area contributed by atoms with Gasteiger partial charge in [0.05, 0.1) is 6.04 Å². The van der Waals surface area contributed by atoms with Crippen molar-refractivity contribution >= 4 is 5.91 Å². The van der Waals surface area contributed by atoms with Crippen molar-refractivity contribution in [2.24, 2.45) is 0 Å². The molecule has 1 N–H and O–H groups in total. The van der Waals surface area contributed by atoms with Crippen molar-refractivity contribution in [1.82, 2.24) is 5.32 Å². The maximum Gasteiger partial charge on any atom is 0.244 e. The SMILES string of the molecule is O=C1C=C(CC/C=C/C2=CCCCC2)[C@H](CCc2ccccc2)N1. The maximum atomic E-state index is 11.7. The number of aryl methyl sites for hydroxylation is 1. The molecule has 1 aliphatic heterocycles. The van der Waals surface area contributed by atoms with E-state index >= 15 is 0 Å². The summed E-state index contributed by atoms with van der Waals surface area (Å²) in [5.74, 6) is 0.0713. The molecule has 1 heterocycles. The zero-order valence-corrected chi connectivity index (χ0v) is 14.3. The molecule has 0 saturated carbocycles. The van der Waals surface area contributed by atoms with Crippen LogP contribution in [0.3, 0.4) is 0 Å². The number of rotatable bonds is 7. The van der Waals surface area contributed by atoms with Crippen LogP contribution in [0.2, 0.25) is 0 Å². The van der Waals surface area contributed by atoms with Gasteiger partial charge in [-0.15, -0.1) is 0 Å². The van der Waals surface area contributed by atoms with E-state index in [1.165, 1.54) is 42.4 Å². The van der Waals surface area contributed by atoms with E-state index in [4.69, 9.17) is 0 Å². The predicted molar refractivity (Wildman–Crippen MR) is 99.7 cm³/mol. The van der Waals surface area contributed by atoms with E-state index in [0.717, 1.165) is 25.7 Å². The number of nitrogens with one attached hydrogen (secondary N) is 1. The molecule has 2 nitrogen and oxygen atoms in total. The lowest BCUT2D eigenvalue weighted by atomic mass is 9.96. The highest BCUT2D eigenvalue weighted by Crippen LogP contribution is 2.22. The fraction of sp³-hybridized carbons (Fsp3) is 0.409. The molecule has 2 aliphatic rings. The highest BCUT2D eigenvalue weighted by atomic mass is 16.1. The van der Waals surface area contributed by atoms with Crippen molar-refractivity contribution in [3.8, 4) is 0 Å². The fourth-order valence-corrected chi connectivity index (χ4v) is 3.53. The summed E-state index contributed by atoms with van der Waals surface area (Å²) >= 11 is 0. The summed E-state index contributed by atoms with van der Waals surface area (Å²) in [7, 11) is 0. The van der Waals surface area contributed by atoms with Gasteiger partial charge in [-0.3, -0.25) is 4.79 Å². The third kappa shape index (κ3) is 4.95. The van der Waals surface area contributed by atoms with E-state index < -0.39 is 0 Å². The summed E-state index contributed by atoms with van der Waals surface area (Å²) in [5.41, 5.74) is 4.08. The lowest BCUT2D eigenvalue weighted by molar-refractivity contribution is -0.116. The Bertz CT molecular complexity index is 639. The van der Waals surface area contributed by atoms with Crippen LogP contribution < -0.4 is 5.32 Å². The van der Waals surface area contributed by atoms with Crippen LogP contribution in [-0.4, -0.2) is 11.9 Å². The van der Waals surface area contributed by atoms with Gasteiger partial charge in [0.1, 0.15) is 0 Å². The quantitative estimate of drug-likeness (QED) is 0.762. The fourth-order valence-electron chi connectivity index (χ4n) is 3.53. The molecule has 0 fully saturated rings. The molecule has 0 spiro atoms. The van der Waals surface area contributed by atoms with Crippen LogP contribution in [0.5, 0.6) is 0 Å². The van der Waals surface area contributed by atoms with Gasteiger partial charge < -0.3 is 5.32 Å². The Morgan fingerprint density at radius 1 is 1.12 bits per heavy atom. The molecule has 126 valence electrons. The molecule has 2 heteroatoms. The van der Waals surface area contributed by atoms with E-state index in [-0.39, 0.29) is 11.9 Å². The summed E-state index contributed by atoms with van der Waals surface area (Å²) in [6, 6.07) is 10.7. The number of amides is 1. The second kappa shape index (κ2) is 8.68. The minimum Gasteiger partial charge on any atom is -0.346 e. The zero-order valence-electron chi connectivity index (χ0n) is 14.3. The van der Waals surface area contributed by atoms with E-state index in [1.54, 1.807) is 0 Å². The van der Waals surface area contributed by atoms with E-state index in [0.29, 0.717) is 0 Å². The normalized spacial score (nSPS) is 20.8. The van der Waals surface area contributed by atoms with Gasteiger partial charge in [-0.2, -0.15) is 0 Å². The van der Waals surface area contributed by atoms with Crippen LogP contribution in [0.15, 0.2) is 65.8 Å². The zero-order chi connectivity index (χ0) is 16.6. The van der Waals surface area contributed by atoms with Crippen molar-refractivity contribution in [3.05, 3.63) is 71.3 Å². The molecular formula is C22H27NO. The van der Waals surface area contributed by atoms with Gasteiger partial charge in [-0.1, -0.05) is 54.1 Å². The standard InChI is InChI=1S/C22H27NO/c24-22-17-20(14-8-7-13-18-9-3-1-4-10-18)21(23-22)16-15-19-11-5-2-6-12-19/h2,5-7,9,11-13,17,21H,1,3-4,8,10,14-16H2,(H,23,24)/b13-7+/t21-/m0/s1. The molecule has 1 aliphatic carbocycles. The molecule has 3 rings (SSSR count). The van der Waals surface area contributed by atoms with E-state index in [2.05, 4.69) is 47.8 Å². The summed E-state index contributed by atoms with van der Waals surface area (Å²) in [6.07, 6.45) is 17.8. The van der Waals surface area contributed by atoms with Gasteiger partial charge in [0.2, 0.25) is 5.91 Å². The average molecular weight is 321 g/mol. The van der Waals surface area contributed by atoms with Gasteiger partial charge in [-0.05, 0) is 62.5 Å². The largest absolute Gasteiger partial charge is 0.346 e. The number of carbonyl (C=O) groups is 1. The molecule has 0 saturated heterocycles. The Morgan fingerprint density at radius 2 is 2.00 bits per heavy atom. The lowest BCUT2D eigenvalue weighted by Crippen LogP contribution is -2.29. The number of hydrogen-bond acceptors (Lipinski definition) is 1. The number of hydrogen-bond donors (Lipinski definition) is 1. The number of carbonyl (C=O) groups excluding carboxylic acids is 1. The Morgan fingerprint density at radius 3 is 2.79 bits per heavy atom. The topological polar surface area (TPSA) is 29.1 Å². The Hall–Kier alpha value is -2.09. The van der Waals surface area contributed by atoms with Crippen LogP contribution in [0.25, 0.3) is 0 Å². The molecule has 0 radical (unpaired) electrons. The van der Waals surface area contributed by atoms with Gasteiger partial charge in [0, 0.05) is 6.08 Å². The summed E-state index contributed by atoms with van der Waals surface area (Å²) in [6.45, 7) is 0. The lowest BCUT2D eigenvalue weighted by Gasteiger charge is -2.15. The van der Waals surface area contributed by atoms with Crippen molar-refractivity contribution < 1.29 is 4.79 Å². The highest BCUT2D eigenvalue weighted by molar-refractivity contribution is 5.91. The molecule has 0 aromatic heterocycles. The second-order valence-electron chi connectivity index (χ2n) is 6.77. The summed E-state index contributed by atoms with van der Waals surface area (Å²) in [5, 5.41) is 3.10. The van der Waals surface area contributed by atoms with E-state index in [9.17, 15) is 4.79 Å². The minimum absolute atomic E-state index is 0.0713. The van der Waals surface area contributed by atoms with Gasteiger partial charge in [0.25, 0.3) is 0 Å². The molecule has 0 bridgehead atoms. The van der Waals surface area contributed by atoms with Crippen molar-refractivity contribution in [3.63, 3.8) is 0 Å². The van der Waals surface area contributed by atoms with Crippen LogP contribution in [0.4, 0.5) is 0 Å². The number of benzene rings is 1. The van der Waals surface area contributed by atoms with Crippen LogP contribution >= 0.6 is 0 Å². The first-order chi connectivity index (χ1) is 11.8. The van der Waals surface area contributed by atoms with Gasteiger partial charge >= 0.3 is 0 Å². The first-order valence-corrected chi connectivity index (χ1v) is 9.22.